The number of nitrogens with zero attached hydrogens (tertiary/aromatic N) is 3. The molecule has 58 heavy (non-hydrogen) atoms. The number of hydrogen-bond donors (Lipinski definition) is 4. The van der Waals surface area contributed by atoms with Crippen molar-refractivity contribution in [2.45, 2.75) is 96.8 Å². The molecule has 2 fully saturated rings. The average molecular weight is 790 g/mol. The van der Waals surface area contributed by atoms with E-state index in [1.54, 1.807) is 0 Å². The molecule has 1 aromatic heterocycles. The maximum Gasteiger partial charge on any atom is 0.407 e. The quantitative estimate of drug-likeness (QED) is 0.121. The van der Waals surface area contributed by atoms with E-state index < -0.39 is 24.3 Å². The number of aromatic nitrogens is 2. The number of methoxy groups -OCH3 is 2. The Labute approximate surface area is 339 Å². The van der Waals surface area contributed by atoms with Gasteiger partial charge in [-0.15, -0.1) is 0 Å². The van der Waals surface area contributed by atoms with Gasteiger partial charge >= 0.3 is 12.2 Å². The maximum absolute atomic E-state index is 13.6. The molecule has 5 unspecified atom stereocenters. The summed E-state index contributed by atoms with van der Waals surface area (Å²) in [5.74, 6) is 0.399. The van der Waals surface area contributed by atoms with Crippen molar-refractivity contribution in [2.75, 3.05) is 20.8 Å². The Morgan fingerprint density at radius 3 is 2.19 bits per heavy atom. The van der Waals surface area contributed by atoms with Gasteiger partial charge < -0.3 is 35.3 Å². The SMILES string of the molecule is COC(=O)NC(C(=O)NC1CCCC1C1=Nc2ccc3cc(-c4ccc(-c5cnc(C6CCCN6C(=O)C(NC(=O)OC)C(C)C)[nH]5)cc4)ccc3c2CC1)C(C)C. The van der Waals surface area contributed by atoms with Crippen LogP contribution in [0.3, 0.4) is 0 Å². The van der Waals surface area contributed by atoms with E-state index in [1.165, 1.54) is 25.2 Å². The Hall–Kier alpha value is -5.72. The first-order valence-electron chi connectivity index (χ1n) is 20.5. The van der Waals surface area contributed by atoms with E-state index in [4.69, 9.17) is 19.5 Å². The first kappa shape index (κ1) is 40.5. The fourth-order valence-electron chi connectivity index (χ4n) is 8.87. The molecule has 4 amide bonds. The third-order valence-electron chi connectivity index (χ3n) is 12.0. The molecule has 13 heteroatoms. The van der Waals surface area contributed by atoms with Gasteiger partial charge in [-0.1, -0.05) is 76.6 Å². The van der Waals surface area contributed by atoms with Crippen molar-refractivity contribution in [1.82, 2.24) is 30.8 Å². The van der Waals surface area contributed by atoms with Crippen LogP contribution >= 0.6 is 0 Å². The molecule has 1 saturated heterocycles. The molecule has 7 rings (SSSR count). The number of aryl methyl sites for hydroxylation is 1. The Kier molecular flexibility index (Phi) is 12.2. The van der Waals surface area contributed by atoms with Crippen molar-refractivity contribution in [1.29, 1.82) is 0 Å². The number of ether oxygens (including phenoxy) is 2. The lowest BCUT2D eigenvalue weighted by Crippen LogP contribution is -2.53. The molecule has 0 spiro atoms. The molecular weight excluding hydrogens is 735 g/mol. The van der Waals surface area contributed by atoms with Crippen LogP contribution in [0.2, 0.25) is 0 Å². The summed E-state index contributed by atoms with van der Waals surface area (Å²) in [5.41, 5.74) is 7.48. The van der Waals surface area contributed by atoms with E-state index in [0.29, 0.717) is 6.54 Å². The highest BCUT2D eigenvalue weighted by Crippen LogP contribution is 2.39. The number of amides is 4. The number of H-pyrrole nitrogens is 1. The highest BCUT2D eigenvalue weighted by molar-refractivity contribution is 5.99. The summed E-state index contributed by atoms with van der Waals surface area (Å²) in [6, 6.07) is 17.7. The van der Waals surface area contributed by atoms with E-state index in [2.05, 4.69) is 75.5 Å². The largest absolute Gasteiger partial charge is 0.453 e. The summed E-state index contributed by atoms with van der Waals surface area (Å²) in [6.07, 6.45) is 6.84. The predicted octanol–water partition coefficient (Wildman–Crippen LogP) is 7.63. The predicted molar refractivity (Wildman–Crippen MR) is 224 cm³/mol. The number of benzene rings is 3. The number of hydrogen-bond acceptors (Lipinski definition) is 8. The summed E-state index contributed by atoms with van der Waals surface area (Å²) >= 11 is 0. The highest BCUT2D eigenvalue weighted by Gasteiger charge is 2.38. The molecule has 4 N–H and O–H groups in total. The molecule has 0 radical (unpaired) electrons. The lowest BCUT2D eigenvalue weighted by atomic mass is 9.87. The number of fused-ring (bicyclic) bond motifs is 3. The van der Waals surface area contributed by atoms with Crippen molar-refractivity contribution < 1.29 is 28.7 Å². The maximum atomic E-state index is 13.6. The summed E-state index contributed by atoms with van der Waals surface area (Å²) < 4.78 is 9.52. The lowest BCUT2D eigenvalue weighted by Gasteiger charge is -2.30. The minimum absolute atomic E-state index is 0.0209. The zero-order chi connectivity index (χ0) is 41.1. The Morgan fingerprint density at radius 2 is 1.48 bits per heavy atom. The van der Waals surface area contributed by atoms with Crippen LogP contribution in [0.5, 0.6) is 0 Å². The van der Waals surface area contributed by atoms with Crippen LogP contribution < -0.4 is 16.0 Å². The lowest BCUT2D eigenvalue weighted by molar-refractivity contribution is -0.135. The second-order valence-electron chi connectivity index (χ2n) is 16.4. The Balaban J connectivity index is 1.03. The van der Waals surface area contributed by atoms with Crippen molar-refractivity contribution >= 4 is 46.2 Å². The topological polar surface area (TPSA) is 167 Å². The number of carbonyl (C=O) groups is 4. The van der Waals surface area contributed by atoms with Gasteiger partial charge in [0, 0.05) is 24.2 Å². The number of imidazole rings is 1. The zero-order valence-electron chi connectivity index (χ0n) is 34.3. The average Bonchev–Trinajstić information content (AvgIpc) is 4.03. The van der Waals surface area contributed by atoms with Crippen LogP contribution in [0.15, 0.2) is 65.8 Å². The first-order valence-corrected chi connectivity index (χ1v) is 20.5. The fourth-order valence-corrected chi connectivity index (χ4v) is 8.87. The molecule has 0 bridgehead atoms. The molecule has 3 heterocycles. The monoisotopic (exact) mass is 789 g/mol. The van der Waals surface area contributed by atoms with Crippen LogP contribution in [-0.4, -0.2) is 83.5 Å². The van der Waals surface area contributed by atoms with E-state index >= 15 is 0 Å². The van der Waals surface area contributed by atoms with E-state index in [-0.39, 0.29) is 41.7 Å². The minimum atomic E-state index is -0.683. The number of likely N-dealkylation sites (tertiary alicyclic amines) is 1. The van der Waals surface area contributed by atoms with Gasteiger partial charge in [-0.2, -0.15) is 0 Å². The summed E-state index contributed by atoms with van der Waals surface area (Å²) in [5, 5.41) is 11.0. The molecule has 3 aromatic carbocycles. The van der Waals surface area contributed by atoms with Crippen LogP contribution in [0.4, 0.5) is 15.3 Å². The van der Waals surface area contributed by atoms with Gasteiger partial charge in [0.15, 0.2) is 0 Å². The van der Waals surface area contributed by atoms with E-state index in [9.17, 15) is 19.2 Å². The second kappa shape index (κ2) is 17.4. The number of carbonyl (C=O) groups excluding carboxylic acids is 4. The molecule has 1 aliphatic carbocycles. The molecular formula is C45H55N7O6. The molecule has 13 nitrogen and oxygen atoms in total. The van der Waals surface area contributed by atoms with Gasteiger partial charge in [-0.3, -0.25) is 14.6 Å². The smallest absolute Gasteiger partial charge is 0.407 e. The Morgan fingerprint density at radius 1 is 0.793 bits per heavy atom. The van der Waals surface area contributed by atoms with Gasteiger partial charge in [0.2, 0.25) is 11.8 Å². The van der Waals surface area contributed by atoms with Crippen molar-refractivity contribution in [3.8, 4) is 22.4 Å². The van der Waals surface area contributed by atoms with Gasteiger partial charge in [0.05, 0.1) is 37.8 Å². The highest BCUT2D eigenvalue weighted by atomic mass is 16.5. The van der Waals surface area contributed by atoms with Gasteiger partial charge in [-0.25, -0.2) is 14.6 Å². The van der Waals surface area contributed by atoms with E-state index in [1.807, 2.05) is 38.8 Å². The Bertz CT molecular complexity index is 2190. The summed E-state index contributed by atoms with van der Waals surface area (Å²) in [6.45, 7) is 8.23. The molecule has 2 aliphatic heterocycles. The number of nitrogens with one attached hydrogen (secondary N) is 4. The normalized spacial score (nSPS) is 20.0. The van der Waals surface area contributed by atoms with Crippen LogP contribution in [0, 0.1) is 17.8 Å². The van der Waals surface area contributed by atoms with Gasteiger partial charge in [0.25, 0.3) is 0 Å². The van der Waals surface area contributed by atoms with Gasteiger partial charge in [0.1, 0.15) is 17.9 Å². The van der Waals surface area contributed by atoms with Crippen molar-refractivity contribution in [2.24, 2.45) is 22.7 Å². The fraction of sp³-hybridized carbons (Fsp3) is 0.467. The molecule has 3 aliphatic rings. The third kappa shape index (κ3) is 8.44. The van der Waals surface area contributed by atoms with Gasteiger partial charge in [-0.05, 0) is 95.5 Å². The molecule has 1 saturated carbocycles. The van der Waals surface area contributed by atoms with Crippen molar-refractivity contribution in [3.63, 3.8) is 0 Å². The van der Waals surface area contributed by atoms with Crippen LogP contribution in [0.25, 0.3) is 33.2 Å². The molecule has 5 atom stereocenters. The molecule has 4 aromatic rings. The summed E-state index contributed by atoms with van der Waals surface area (Å²) in [7, 11) is 2.59. The van der Waals surface area contributed by atoms with E-state index in [0.717, 1.165) is 89.9 Å². The van der Waals surface area contributed by atoms with Crippen LogP contribution in [0.1, 0.15) is 83.6 Å². The molecule has 306 valence electrons. The standard InChI is InChI=1S/C45H55N7O6/c1-25(2)39(50-44(55)57-5)42(53)49-34-10-7-9-33(34)36-21-19-32-31-18-16-29(23-30(31)17-20-35(32)47-36)27-12-14-28(15-13-27)37-24-46-41(48-37)38-11-8-22-52(38)43(54)40(26(3)4)51-45(56)58-6/h12-18,20,23-26,33-34,38-40H,7-11,19,21-22H2,1-6H3,(H,46,48)(H,49,53)(H,50,55)(H,51,56). The van der Waals surface area contributed by atoms with Crippen LogP contribution in [-0.2, 0) is 25.5 Å². The third-order valence-corrected chi connectivity index (χ3v) is 12.0. The van der Waals surface area contributed by atoms with Crippen molar-refractivity contribution in [3.05, 3.63) is 72.2 Å². The number of rotatable bonds is 11. The summed E-state index contributed by atoms with van der Waals surface area (Å²) in [4.78, 5) is 65.9. The number of aromatic amines is 1. The minimum Gasteiger partial charge on any atom is -0.453 e. The zero-order valence-corrected chi connectivity index (χ0v) is 34.3. The number of aliphatic imine (C=N–C) groups is 1. The number of alkyl carbamates (subject to hydrolysis) is 2. The first-order chi connectivity index (χ1) is 27.9. The second-order valence-corrected chi connectivity index (χ2v) is 16.4.